The molecule has 0 unspecified atom stereocenters. The smallest absolute Gasteiger partial charge is 0.227 e. The number of benzene rings is 3. The molecular formula is C27H28BrNO5. The van der Waals surface area contributed by atoms with E-state index in [0.29, 0.717) is 29.1 Å². The third-order valence-electron chi connectivity index (χ3n) is 5.83. The molecule has 1 aliphatic rings. The largest absolute Gasteiger partial charge is 0.467 e. The Bertz CT molecular complexity index is 1140. The molecule has 1 heterocycles. The number of carbonyl (C=O) groups is 1. The zero-order valence-corrected chi connectivity index (χ0v) is 21.0. The normalized spacial score (nSPS) is 12.9. The molecule has 3 aromatic carbocycles. The second-order valence-electron chi connectivity index (χ2n) is 8.02. The van der Waals surface area contributed by atoms with Crippen LogP contribution in [0, 0.1) is 0 Å². The minimum atomic E-state index is 0.0500. The Kier molecular flexibility index (Phi) is 8.21. The van der Waals surface area contributed by atoms with Crippen molar-refractivity contribution in [3.05, 3.63) is 81.8 Å². The molecule has 3 aromatic rings. The van der Waals surface area contributed by atoms with Gasteiger partial charge in [-0.3, -0.25) is 4.79 Å². The summed E-state index contributed by atoms with van der Waals surface area (Å²) in [5, 5.41) is 0. The predicted molar refractivity (Wildman–Crippen MR) is 134 cm³/mol. The van der Waals surface area contributed by atoms with Crippen molar-refractivity contribution in [1.82, 2.24) is 4.90 Å². The number of amides is 1. The lowest BCUT2D eigenvalue weighted by Gasteiger charge is -2.29. The Balaban J connectivity index is 1.73. The van der Waals surface area contributed by atoms with Crippen LogP contribution in [0.2, 0.25) is 0 Å². The topological polar surface area (TPSA) is 57.2 Å². The first-order valence-corrected chi connectivity index (χ1v) is 11.9. The standard InChI is InChI=1S/C27H28BrNO5/c1-31-17-33-23-15-24(34-18-32-2)27(28)22(26(23)20-9-4-3-5-10-20)14-25(30)29-13-12-19-8-6-7-11-21(19)16-29/h3-11,15H,12-14,16-18H2,1-2H3. The molecule has 0 bridgehead atoms. The molecule has 7 heteroatoms. The zero-order chi connectivity index (χ0) is 23.9. The molecule has 0 spiro atoms. The van der Waals surface area contributed by atoms with Gasteiger partial charge in [0.15, 0.2) is 13.6 Å². The van der Waals surface area contributed by atoms with Crippen molar-refractivity contribution >= 4 is 21.8 Å². The number of hydrogen-bond donors (Lipinski definition) is 0. The van der Waals surface area contributed by atoms with Gasteiger partial charge < -0.3 is 23.8 Å². The van der Waals surface area contributed by atoms with Crippen molar-refractivity contribution < 1.29 is 23.7 Å². The molecule has 178 valence electrons. The highest BCUT2D eigenvalue weighted by Crippen LogP contribution is 2.44. The van der Waals surface area contributed by atoms with Crippen LogP contribution in [0.4, 0.5) is 0 Å². The van der Waals surface area contributed by atoms with Gasteiger partial charge in [0.05, 0.1) is 10.9 Å². The molecular weight excluding hydrogens is 498 g/mol. The van der Waals surface area contributed by atoms with Gasteiger partial charge in [-0.25, -0.2) is 0 Å². The van der Waals surface area contributed by atoms with Crippen LogP contribution < -0.4 is 9.47 Å². The van der Waals surface area contributed by atoms with E-state index in [1.165, 1.54) is 11.1 Å². The van der Waals surface area contributed by atoms with Crippen LogP contribution in [0.3, 0.4) is 0 Å². The van der Waals surface area contributed by atoms with Crippen molar-refractivity contribution in [1.29, 1.82) is 0 Å². The lowest BCUT2D eigenvalue weighted by molar-refractivity contribution is -0.131. The van der Waals surface area contributed by atoms with E-state index in [2.05, 4.69) is 28.1 Å². The van der Waals surface area contributed by atoms with Crippen molar-refractivity contribution in [2.24, 2.45) is 0 Å². The number of ether oxygens (including phenoxy) is 4. The van der Waals surface area contributed by atoms with E-state index >= 15 is 0 Å². The molecule has 0 aliphatic carbocycles. The number of carbonyl (C=O) groups excluding carboxylic acids is 1. The van der Waals surface area contributed by atoms with Crippen LogP contribution in [0.15, 0.2) is 65.1 Å². The maximum absolute atomic E-state index is 13.5. The molecule has 0 N–H and O–H groups in total. The Morgan fingerprint density at radius 3 is 2.26 bits per heavy atom. The highest BCUT2D eigenvalue weighted by Gasteiger charge is 2.26. The average molecular weight is 526 g/mol. The SMILES string of the molecule is COCOc1cc(OCOC)c(-c2ccccc2)c(CC(=O)N2CCc3ccccc3C2)c1Br. The van der Waals surface area contributed by atoms with Crippen LogP contribution in [0.1, 0.15) is 16.7 Å². The summed E-state index contributed by atoms with van der Waals surface area (Å²) in [6.45, 7) is 1.45. The van der Waals surface area contributed by atoms with Crippen LogP contribution in [0.5, 0.6) is 11.5 Å². The van der Waals surface area contributed by atoms with Crippen LogP contribution in [-0.2, 0) is 33.7 Å². The van der Waals surface area contributed by atoms with Gasteiger partial charge in [0, 0.05) is 38.9 Å². The maximum atomic E-state index is 13.5. The molecule has 0 saturated heterocycles. The summed E-state index contributed by atoms with van der Waals surface area (Å²) in [4.78, 5) is 15.5. The van der Waals surface area contributed by atoms with Gasteiger partial charge in [-0.05, 0) is 44.6 Å². The van der Waals surface area contributed by atoms with E-state index in [0.717, 1.165) is 23.1 Å². The summed E-state index contributed by atoms with van der Waals surface area (Å²) in [5.74, 6) is 1.17. The van der Waals surface area contributed by atoms with Gasteiger partial charge in [-0.2, -0.15) is 0 Å². The molecule has 6 nitrogen and oxygen atoms in total. The summed E-state index contributed by atoms with van der Waals surface area (Å²) >= 11 is 3.70. The summed E-state index contributed by atoms with van der Waals surface area (Å²) in [6, 6.07) is 20.0. The Morgan fingerprint density at radius 1 is 0.912 bits per heavy atom. The third kappa shape index (κ3) is 5.43. The first-order chi connectivity index (χ1) is 16.6. The van der Waals surface area contributed by atoms with E-state index in [4.69, 9.17) is 18.9 Å². The highest BCUT2D eigenvalue weighted by molar-refractivity contribution is 9.10. The minimum Gasteiger partial charge on any atom is -0.467 e. The predicted octanol–water partition coefficient (Wildman–Crippen LogP) is 5.21. The van der Waals surface area contributed by atoms with Crippen LogP contribution >= 0.6 is 15.9 Å². The van der Waals surface area contributed by atoms with Crippen molar-refractivity contribution in [3.63, 3.8) is 0 Å². The molecule has 1 aliphatic heterocycles. The van der Waals surface area contributed by atoms with Gasteiger partial charge in [-0.15, -0.1) is 0 Å². The summed E-state index contributed by atoms with van der Waals surface area (Å²) in [7, 11) is 3.13. The number of rotatable bonds is 9. The fraction of sp³-hybridized carbons (Fsp3) is 0.296. The number of methoxy groups -OCH3 is 2. The molecule has 0 aromatic heterocycles. The van der Waals surface area contributed by atoms with Gasteiger partial charge in [-0.1, -0.05) is 54.6 Å². The lowest BCUT2D eigenvalue weighted by atomic mass is 9.94. The quantitative estimate of drug-likeness (QED) is 0.359. The van der Waals surface area contributed by atoms with E-state index in [-0.39, 0.29) is 25.9 Å². The van der Waals surface area contributed by atoms with Crippen molar-refractivity contribution in [2.75, 3.05) is 34.4 Å². The molecule has 34 heavy (non-hydrogen) atoms. The second-order valence-corrected chi connectivity index (χ2v) is 8.81. The number of hydrogen-bond acceptors (Lipinski definition) is 5. The number of halogens is 1. The summed E-state index contributed by atoms with van der Waals surface area (Å²) in [5.41, 5.74) is 5.09. The van der Waals surface area contributed by atoms with Crippen molar-refractivity contribution in [2.45, 2.75) is 19.4 Å². The Morgan fingerprint density at radius 2 is 1.56 bits per heavy atom. The number of fused-ring (bicyclic) bond motifs is 1. The fourth-order valence-corrected chi connectivity index (χ4v) is 4.75. The third-order valence-corrected chi connectivity index (χ3v) is 6.70. The van der Waals surface area contributed by atoms with Gasteiger partial charge in [0.2, 0.25) is 5.91 Å². The van der Waals surface area contributed by atoms with E-state index in [1.54, 1.807) is 20.3 Å². The number of nitrogens with zero attached hydrogens (tertiary/aromatic N) is 1. The monoisotopic (exact) mass is 525 g/mol. The molecule has 0 radical (unpaired) electrons. The van der Waals surface area contributed by atoms with Gasteiger partial charge in [0.1, 0.15) is 11.5 Å². The Labute approximate surface area is 208 Å². The minimum absolute atomic E-state index is 0.0500. The average Bonchev–Trinajstić information content (AvgIpc) is 2.88. The molecule has 4 rings (SSSR count). The maximum Gasteiger partial charge on any atom is 0.227 e. The van der Waals surface area contributed by atoms with Gasteiger partial charge >= 0.3 is 0 Å². The van der Waals surface area contributed by atoms with E-state index in [1.807, 2.05) is 47.4 Å². The highest BCUT2D eigenvalue weighted by atomic mass is 79.9. The summed E-state index contributed by atoms with van der Waals surface area (Å²) < 4.78 is 22.7. The molecule has 1 amide bonds. The fourth-order valence-electron chi connectivity index (χ4n) is 4.18. The first-order valence-electron chi connectivity index (χ1n) is 11.1. The molecule has 0 fully saturated rings. The van der Waals surface area contributed by atoms with Crippen molar-refractivity contribution in [3.8, 4) is 22.6 Å². The zero-order valence-electron chi connectivity index (χ0n) is 19.4. The van der Waals surface area contributed by atoms with Crippen LogP contribution in [-0.4, -0.2) is 45.2 Å². The first kappa shape index (κ1) is 24.3. The molecule has 0 atom stereocenters. The van der Waals surface area contributed by atoms with Gasteiger partial charge in [0.25, 0.3) is 0 Å². The molecule has 0 saturated carbocycles. The second kappa shape index (κ2) is 11.5. The van der Waals surface area contributed by atoms with E-state index < -0.39 is 0 Å². The summed E-state index contributed by atoms with van der Waals surface area (Å²) in [6.07, 6.45) is 1.05. The Hall–Kier alpha value is -2.87. The van der Waals surface area contributed by atoms with Crippen LogP contribution in [0.25, 0.3) is 11.1 Å². The van der Waals surface area contributed by atoms with E-state index in [9.17, 15) is 4.79 Å². The lowest BCUT2D eigenvalue weighted by Crippen LogP contribution is -2.37.